The molecule has 30 heavy (non-hydrogen) atoms. The van der Waals surface area contributed by atoms with E-state index in [1.165, 1.54) is 14.2 Å². The van der Waals surface area contributed by atoms with Crippen molar-refractivity contribution in [2.75, 3.05) is 14.2 Å². The largest absolute Gasteiger partial charge is 0.507 e. The fraction of sp³-hybridized carbons (Fsp3) is 0.417. The Labute approximate surface area is 178 Å². The number of rotatable bonds is 5. The number of ether oxygens (including phenoxy) is 2. The first kappa shape index (κ1) is 23.3. The summed E-state index contributed by atoms with van der Waals surface area (Å²) in [6.07, 6.45) is 1.58. The maximum absolute atomic E-state index is 12.5. The van der Waals surface area contributed by atoms with E-state index >= 15 is 0 Å². The van der Waals surface area contributed by atoms with Crippen LogP contribution in [-0.2, 0) is 10.8 Å². The fourth-order valence-electron chi connectivity index (χ4n) is 3.04. The number of hydrogen-bond donors (Lipinski definition) is 2. The summed E-state index contributed by atoms with van der Waals surface area (Å²) in [6, 6.07) is 8.72. The first-order chi connectivity index (χ1) is 13.9. The summed E-state index contributed by atoms with van der Waals surface area (Å²) < 4.78 is 10.4. The molecule has 0 fully saturated rings. The van der Waals surface area contributed by atoms with E-state index in [-0.39, 0.29) is 16.7 Å². The number of phenols is 1. The average Bonchev–Trinajstić information content (AvgIpc) is 2.66. The third kappa shape index (κ3) is 5.53. The Morgan fingerprint density at radius 1 is 0.900 bits per heavy atom. The Morgan fingerprint density at radius 3 is 1.77 bits per heavy atom. The summed E-state index contributed by atoms with van der Waals surface area (Å²) in [4.78, 5) is 12.5. The molecule has 0 saturated carbocycles. The average molecular weight is 413 g/mol. The molecule has 2 aromatic rings. The number of carbonyl (C=O) groups is 1. The number of aromatic hydroxyl groups is 1. The second kappa shape index (κ2) is 8.78. The molecule has 2 N–H and O–H groups in total. The second-order valence-corrected chi connectivity index (χ2v) is 9.27. The number of phenolic OH excluding ortho intramolecular Hbond substituents is 1. The molecule has 6 nitrogen and oxygen atoms in total. The van der Waals surface area contributed by atoms with Crippen LogP contribution in [0.2, 0.25) is 0 Å². The summed E-state index contributed by atoms with van der Waals surface area (Å²) in [5.41, 5.74) is 4.89. The van der Waals surface area contributed by atoms with Crippen LogP contribution in [-0.4, -0.2) is 31.4 Å². The van der Waals surface area contributed by atoms with Crippen LogP contribution in [0.3, 0.4) is 0 Å². The SMILES string of the molecule is COc1cc(OC)cc(C(=O)N/N=C\c2cc(C(C)(C)C)c(O)c(C(C)(C)C)c2)c1. The molecular formula is C24H32N2O4. The van der Waals surface area contributed by atoms with Gasteiger partial charge in [0.05, 0.1) is 20.4 Å². The minimum Gasteiger partial charge on any atom is -0.507 e. The number of hydrogen-bond acceptors (Lipinski definition) is 5. The lowest BCUT2D eigenvalue weighted by Crippen LogP contribution is -2.19. The zero-order valence-electron chi connectivity index (χ0n) is 19.1. The smallest absolute Gasteiger partial charge is 0.271 e. The summed E-state index contributed by atoms with van der Waals surface area (Å²) in [5, 5.41) is 14.9. The molecule has 0 bridgehead atoms. The monoisotopic (exact) mass is 412 g/mol. The van der Waals surface area contributed by atoms with Crippen LogP contribution in [0.1, 0.15) is 68.6 Å². The highest BCUT2D eigenvalue weighted by atomic mass is 16.5. The van der Waals surface area contributed by atoms with Crippen LogP contribution in [0.4, 0.5) is 0 Å². The van der Waals surface area contributed by atoms with E-state index in [9.17, 15) is 9.90 Å². The number of methoxy groups -OCH3 is 2. The summed E-state index contributed by atoms with van der Waals surface area (Å²) in [6.45, 7) is 12.3. The summed E-state index contributed by atoms with van der Waals surface area (Å²) in [7, 11) is 3.05. The van der Waals surface area contributed by atoms with Crippen molar-refractivity contribution in [2.24, 2.45) is 5.10 Å². The molecule has 2 aromatic carbocycles. The molecule has 2 rings (SSSR count). The van der Waals surface area contributed by atoms with Gasteiger partial charge in [-0.2, -0.15) is 5.10 Å². The lowest BCUT2D eigenvalue weighted by molar-refractivity contribution is 0.0954. The Hall–Kier alpha value is -3.02. The molecule has 0 aliphatic heterocycles. The lowest BCUT2D eigenvalue weighted by Gasteiger charge is -2.27. The maximum atomic E-state index is 12.5. The molecule has 0 unspecified atom stereocenters. The van der Waals surface area contributed by atoms with Gasteiger partial charge in [-0.25, -0.2) is 5.43 Å². The van der Waals surface area contributed by atoms with Gasteiger partial charge in [-0.1, -0.05) is 41.5 Å². The highest BCUT2D eigenvalue weighted by Gasteiger charge is 2.26. The van der Waals surface area contributed by atoms with Gasteiger partial charge in [0.15, 0.2) is 0 Å². The molecule has 0 atom stereocenters. The maximum Gasteiger partial charge on any atom is 0.271 e. The quantitative estimate of drug-likeness (QED) is 0.548. The molecular weight excluding hydrogens is 380 g/mol. The lowest BCUT2D eigenvalue weighted by atomic mass is 9.78. The zero-order chi connectivity index (χ0) is 22.7. The van der Waals surface area contributed by atoms with Gasteiger partial charge in [0.2, 0.25) is 0 Å². The van der Waals surface area contributed by atoms with Crippen LogP contribution in [0.25, 0.3) is 0 Å². The van der Waals surface area contributed by atoms with Crippen molar-refractivity contribution in [2.45, 2.75) is 52.4 Å². The molecule has 0 radical (unpaired) electrons. The van der Waals surface area contributed by atoms with Gasteiger partial charge in [0.1, 0.15) is 17.2 Å². The van der Waals surface area contributed by atoms with Gasteiger partial charge in [0, 0.05) is 22.8 Å². The van der Waals surface area contributed by atoms with Crippen molar-refractivity contribution in [1.82, 2.24) is 5.43 Å². The first-order valence-corrected chi connectivity index (χ1v) is 9.81. The Balaban J connectivity index is 2.33. The van der Waals surface area contributed by atoms with Crippen LogP contribution in [0.5, 0.6) is 17.2 Å². The van der Waals surface area contributed by atoms with E-state index in [4.69, 9.17) is 9.47 Å². The van der Waals surface area contributed by atoms with Gasteiger partial charge in [-0.15, -0.1) is 0 Å². The number of nitrogens with one attached hydrogen (secondary N) is 1. The number of carbonyl (C=O) groups excluding carboxylic acids is 1. The third-order valence-corrected chi connectivity index (χ3v) is 4.74. The number of benzene rings is 2. The van der Waals surface area contributed by atoms with Gasteiger partial charge < -0.3 is 14.6 Å². The highest BCUT2D eigenvalue weighted by molar-refractivity contribution is 5.95. The van der Waals surface area contributed by atoms with Crippen LogP contribution < -0.4 is 14.9 Å². The van der Waals surface area contributed by atoms with E-state index in [1.807, 2.05) is 53.7 Å². The van der Waals surface area contributed by atoms with Gasteiger partial charge >= 0.3 is 0 Å². The third-order valence-electron chi connectivity index (χ3n) is 4.74. The van der Waals surface area contributed by atoms with Crippen molar-refractivity contribution < 1.29 is 19.4 Å². The standard InChI is InChI=1S/C24H32N2O4/c1-23(2,3)19-9-15(10-20(21(19)27)24(4,5)6)14-25-26-22(28)16-11-17(29-7)13-18(12-16)30-8/h9-14,27H,1-8H3,(H,26,28)/b25-14-. The van der Waals surface area contributed by atoms with Crippen molar-refractivity contribution in [3.63, 3.8) is 0 Å². The van der Waals surface area contributed by atoms with Crippen molar-refractivity contribution >= 4 is 12.1 Å². The number of nitrogens with zero attached hydrogens (tertiary/aromatic N) is 1. The minimum absolute atomic E-state index is 0.242. The van der Waals surface area contributed by atoms with E-state index in [0.29, 0.717) is 22.8 Å². The molecule has 0 aromatic heterocycles. The van der Waals surface area contributed by atoms with E-state index in [1.54, 1.807) is 24.4 Å². The van der Waals surface area contributed by atoms with Crippen LogP contribution >= 0.6 is 0 Å². The van der Waals surface area contributed by atoms with Gasteiger partial charge in [0.25, 0.3) is 5.91 Å². The number of hydrazone groups is 1. The predicted molar refractivity (Wildman–Crippen MR) is 120 cm³/mol. The van der Waals surface area contributed by atoms with Crippen molar-refractivity contribution in [3.8, 4) is 17.2 Å². The number of amides is 1. The molecule has 0 spiro atoms. The molecule has 0 saturated heterocycles. The fourth-order valence-corrected chi connectivity index (χ4v) is 3.04. The zero-order valence-corrected chi connectivity index (χ0v) is 19.1. The minimum atomic E-state index is -0.380. The molecule has 0 aliphatic rings. The molecule has 1 amide bonds. The molecule has 0 aliphatic carbocycles. The van der Waals surface area contributed by atoms with Crippen LogP contribution in [0, 0.1) is 0 Å². The van der Waals surface area contributed by atoms with Crippen molar-refractivity contribution in [1.29, 1.82) is 0 Å². The summed E-state index contributed by atoms with van der Waals surface area (Å²) in [5.74, 6) is 0.965. The predicted octanol–water partition coefficient (Wildman–Crippen LogP) is 4.77. The topological polar surface area (TPSA) is 80.2 Å². The van der Waals surface area contributed by atoms with Crippen LogP contribution in [0.15, 0.2) is 35.4 Å². The Morgan fingerprint density at radius 2 is 1.37 bits per heavy atom. The van der Waals surface area contributed by atoms with E-state index in [0.717, 1.165) is 16.7 Å². The molecule has 0 heterocycles. The Bertz CT molecular complexity index is 893. The van der Waals surface area contributed by atoms with E-state index < -0.39 is 0 Å². The highest BCUT2D eigenvalue weighted by Crippen LogP contribution is 2.39. The Kier molecular flexibility index (Phi) is 6.80. The van der Waals surface area contributed by atoms with Crippen molar-refractivity contribution in [3.05, 3.63) is 52.6 Å². The second-order valence-electron chi connectivity index (χ2n) is 9.27. The molecule has 162 valence electrons. The molecule has 6 heteroatoms. The van der Waals surface area contributed by atoms with E-state index in [2.05, 4.69) is 10.5 Å². The normalized spacial score (nSPS) is 12.1. The first-order valence-electron chi connectivity index (χ1n) is 9.81. The van der Waals surface area contributed by atoms with Gasteiger partial charge in [-0.05, 0) is 40.7 Å². The summed E-state index contributed by atoms with van der Waals surface area (Å²) >= 11 is 0. The van der Waals surface area contributed by atoms with Gasteiger partial charge in [-0.3, -0.25) is 4.79 Å².